The summed E-state index contributed by atoms with van der Waals surface area (Å²) in [5.74, 6) is 0.991. The van der Waals surface area contributed by atoms with Gasteiger partial charge in [-0.15, -0.1) is 6.58 Å². The van der Waals surface area contributed by atoms with Gasteiger partial charge >= 0.3 is 0 Å². The van der Waals surface area contributed by atoms with Crippen LogP contribution in [0, 0.1) is 0 Å². The van der Waals surface area contributed by atoms with E-state index in [-0.39, 0.29) is 0 Å². The van der Waals surface area contributed by atoms with Gasteiger partial charge in [0.25, 0.3) is 0 Å². The Morgan fingerprint density at radius 1 is 1.44 bits per heavy atom. The third kappa shape index (κ3) is 3.23. The molecule has 1 N–H and O–H groups in total. The molecule has 2 aliphatic heterocycles. The SMILES string of the molecule is C=CCNC(=NC)N1CCC(N2CCOCC2)C1. The predicted octanol–water partition coefficient (Wildman–Crippen LogP) is 0.154. The number of hydrogen-bond acceptors (Lipinski definition) is 3. The van der Waals surface area contributed by atoms with Crippen molar-refractivity contribution >= 4 is 5.96 Å². The molecule has 2 heterocycles. The molecule has 0 amide bonds. The van der Waals surface area contributed by atoms with Crippen LogP contribution >= 0.6 is 0 Å². The number of likely N-dealkylation sites (tertiary alicyclic amines) is 1. The second-order valence-electron chi connectivity index (χ2n) is 4.75. The molecule has 0 bridgehead atoms. The van der Waals surface area contributed by atoms with Gasteiger partial charge in [-0.25, -0.2) is 0 Å². The van der Waals surface area contributed by atoms with E-state index in [0.29, 0.717) is 6.04 Å². The van der Waals surface area contributed by atoms with Crippen molar-refractivity contribution in [3.8, 4) is 0 Å². The summed E-state index contributed by atoms with van der Waals surface area (Å²) in [6, 6.07) is 0.649. The zero-order valence-corrected chi connectivity index (χ0v) is 11.3. The van der Waals surface area contributed by atoms with E-state index in [1.807, 2.05) is 13.1 Å². The first-order valence-corrected chi connectivity index (χ1v) is 6.73. The van der Waals surface area contributed by atoms with Crippen molar-refractivity contribution < 1.29 is 4.74 Å². The van der Waals surface area contributed by atoms with E-state index in [4.69, 9.17) is 4.74 Å². The second-order valence-corrected chi connectivity index (χ2v) is 4.75. The van der Waals surface area contributed by atoms with Crippen molar-refractivity contribution in [1.82, 2.24) is 15.1 Å². The molecule has 0 aromatic carbocycles. The number of guanidine groups is 1. The third-order valence-corrected chi connectivity index (χ3v) is 3.64. The summed E-state index contributed by atoms with van der Waals surface area (Å²) in [5, 5.41) is 3.30. The summed E-state index contributed by atoms with van der Waals surface area (Å²) in [5.41, 5.74) is 0. The Kier molecular flexibility index (Phi) is 5.01. The molecule has 0 aliphatic carbocycles. The van der Waals surface area contributed by atoms with Crippen LogP contribution in [-0.4, -0.2) is 74.8 Å². The zero-order valence-electron chi connectivity index (χ0n) is 11.3. The summed E-state index contributed by atoms with van der Waals surface area (Å²) in [6.07, 6.45) is 3.08. The van der Waals surface area contributed by atoms with E-state index in [0.717, 1.165) is 51.9 Å². The minimum atomic E-state index is 0.649. The van der Waals surface area contributed by atoms with E-state index in [1.54, 1.807) is 0 Å². The molecule has 0 saturated carbocycles. The maximum Gasteiger partial charge on any atom is 0.193 e. The van der Waals surface area contributed by atoms with Crippen LogP contribution in [-0.2, 0) is 4.74 Å². The molecule has 5 nitrogen and oxygen atoms in total. The van der Waals surface area contributed by atoms with Crippen LogP contribution in [0.25, 0.3) is 0 Å². The Bertz CT molecular complexity index is 299. The van der Waals surface area contributed by atoms with Gasteiger partial charge in [0.2, 0.25) is 0 Å². The highest BCUT2D eigenvalue weighted by molar-refractivity contribution is 5.80. The van der Waals surface area contributed by atoms with Gasteiger partial charge in [0.15, 0.2) is 5.96 Å². The van der Waals surface area contributed by atoms with E-state index in [1.165, 1.54) is 6.42 Å². The molecule has 0 spiro atoms. The van der Waals surface area contributed by atoms with Crippen molar-refractivity contribution in [3.63, 3.8) is 0 Å². The predicted molar refractivity (Wildman–Crippen MR) is 73.9 cm³/mol. The zero-order chi connectivity index (χ0) is 12.8. The fourth-order valence-electron chi connectivity index (χ4n) is 2.67. The number of ether oxygens (including phenoxy) is 1. The number of morpholine rings is 1. The minimum Gasteiger partial charge on any atom is -0.379 e. The first-order chi connectivity index (χ1) is 8.85. The lowest BCUT2D eigenvalue weighted by atomic mass is 10.2. The van der Waals surface area contributed by atoms with Crippen LogP contribution in [0.4, 0.5) is 0 Å². The molecule has 2 aliphatic rings. The fourth-order valence-corrected chi connectivity index (χ4v) is 2.67. The van der Waals surface area contributed by atoms with Crippen molar-refractivity contribution in [3.05, 3.63) is 12.7 Å². The van der Waals surface area contributed by atoms with Gasteiger partial charge in [0, 0.05) is 45.8 Å². The first-order valence-electron chi connectivity index (χ1n) is 6.73. The normalized spacial score (nSPS) is 26.4. The van der Waals surface area contributed by atoms with Crippen LogP contribution < -0.4 is 5.32 Å². The van der Waals surface area contributed by atoms with Crippen molar-refractivity contribution in [2.45, 2.75) is 12.5 Å². The van der Waals surface area contributed by atoms with Crippen LogP contribution in [0.5, 0.6) is 0 Å². The van der Waals surface area contributed by atoms with Gasteiger partial charge in [0.05, 0.1) is 13.2 Å². The molecule has 1 atom stereocenters. The lowest BCUT2D eigenvalue weighted by molar-refractivity contribution is 0.0195. The molecule has 0 aromatic rings. The molecule has 0 aromatic heterocycles. The Balaban J connectivity index is 1.84. The van der Waals surface area contributed by atoms with E-state index in [9.17, 15) is 0 Å². The van der Waals surface area contributed by atoms with Crippen molar-refractivity contribution in [2.24, 2.45) is 4.99 Å². The van der Waals surface area contributed by atoms with Gasteiger partial charge in [0.1, 0.15) is 0 Å². The summed E-state index contributed by atoms with van der Waals surface area (Å²) in [6.45, 7) is 10.5. The molecule has 18 heavy (non-hydrogen) atoms. The monoisotopic (exact) mass is 252 g/mol. The fraction of sp³-hybridized carbons (Fsp3) is 0.769. The quantitative estimate of drug-likeness (QED) is 0.441. The molecule has 102 valence electrons. The van der Waals surface area contributed by atoms with E-state index >= 15 is 0 Å². The van der Waals surface area contributed by atoms with Gasteiger partial charge in [-0.05, 0) is 6.42 Å². The van der Waals surface area contributed by atoms with Crippen molar-refractivity contribution in [1.29, 1.82) is 0 Å². The lowest BCUT2D eigenvalue weighted by Gasteiger charge is -2.32. The maximum atomic E-state index is 5.41. The average Bonchev–Trinajstić information content (AvgIpc) is 2.90. The lowest BCUT2D eigenvalue weighted by Crippen LogP contribution is -2.46. The number of aliphatic imine (C=N–C) groups is 1. The maximum absolute atomic E-state index is 5.41. The highest BCUT2D eigenvalue weighted by Gasteiger charge is 2.29. The molecule has 0 radical (unpaired) electrons. The summed E-state index contributed by atoms with van der Waals surface area (Å²) in [4.78, 5) is 9.21. The summed E-state index contributed by atoms with van der Waals surface area (Å²) < 4.78 is 5.41. The molecule has 1 unspecified atom stereocenters. The Morgan fingerprint density at radius 2 is 2.22 bits per heavy atom. The van der Waals surface area contributed by atoms with Gasteiger partial charge < -0.3 is 15.0 Å². The van der Waals surface area contributed by atoms with E-state index < -0.39 is 0 Å². The Morgan fingerprint density at radius 3 is 2.89 bits per heavy atom. The van der Waals surface area contributed by atoms with E-state index in [2.05, 4.69) is 26.7 Å². The largest absolute Gasteiger partial charge is 0.379 e. The molecule has 2 fully saturated rings. The topological polar surface area (TPSA) is 40.1 Å². The minimum absolute atomic E-state index is 0.649. The van der Waals surface area contributed by atoms with Gasteiger partial charge in [-0.1, -0.05) is 6.08 Å². The number of rotatable bonds is 3. The third-order valence-electron chi connectivity index (χ3n) is 3.64. The number of nitrogens with zero attached hydrogens (tertiary/aromatic N) is 3. The smallest absolute Gasteiger partial charge is 0.193 e. The second kappa shape index (κ2) is 6.75. The molecule has 5 heteroatoms. The Labute approximate surface area is 109 Å². The number of nitrogens with one attached hydrogen (secondary N) is 1. The molecular weight excluding hydrogens is 228 g/mol. The molecule has 2 rings (SSSR count). The highest BCUT2D eigenvalue weighted by Crippen LogP contribution is 2.16. The van der Waals surface area contributed by atoms with Crippen LogP contribution in [0.3, 0.4) is 0 Å². The molecule has 2 saturated heterocycles. The van der Waals surface area contributed by atoms with Gasteiger partial charge in [-0.3, -0.25) is 9.89 Å². The van der Waals surface area contributed by atoms with Crippen LogP contribution in [0.1, 0.15) is 6.42 Å². The standard InChI is InChI=1S/C13H24N4O/c1-3-5-15-13(14-2)17-6-4-12(11-17)16-7-9-18-10-8-16/h3,12H,1,4-11H2,2H3,(H,14,15). The summed E-state index contributed by atoms with van der Waals surface area (Å²) in [7, 11) is 1.84. The number of hydrogen-bond donors (Lipinski definition) is 1. The highest BCUT2D eigenvalue weighted by atomic mass is 16.5. The van der Waals surface area contributed by atoms with Crippen LogP contribution in [0.15, 0.2) is 17.6 Å². The Hall–Kier alpha value is -1.07. The van der Waals surface area contributed by atoms with Crippen molar-refractivity contribution in [2.75, 3.05) is 53.0 Å². The average molecular weight is 252 g/mol. The first kappa shape index (κ1) is 13.4. The van der Waals surface area contributed by atoms with Gasteiger partial charge in [-0.2, -0.15) is 0 Å². The van der Waals surface area contributed by atoms with Crippen LogP contribution in [0.2, 0.25) is 0 Å². The summed E-state index contributed by atoms with van der Waals surface area (Å²) >= 11 is 0. The molecular formula is C13H24N4O.